The molecule has 31 heavy (non-hydrogen) atoms. The number of amidine groups is 1. The highest BCUT2D eigenvalue weighted by atomic mass is 35.5. The molecule has 6 heteroatoms. The number of amides is 1. The highest BCUT2D eigenvalue weighted by Gasteiger charge is 2.49. The van der Waals surface area contributed by atoms with E-state index in [1.807, 2.05) is 13.0 Å². The lowest BCUT2D eigenvalue weighted by Crippen LogP contribution is -2.40. The summed E-state index contributed by atoms with van der Waals surface area (Å²) in [6.07, 6.45) is 21.0. The van der Waals surface area contributed by atoms with Crippen LogP contribution in [0.4, 0.5) is 0 Å². The van der Waals surface area contributed by atoms with E-state index in [0.717, 1.165) is 42.8 Å². The van der Waals surface area contributed by atoms with E-state index in [4.69, 9.17) is 11.6 Å². The fourth-order valence-electron chi connectivity index (χ4n) is 3.60. The van der Waals surface area contributed by atoms with Crippen molar-refractivity contribution in [2.45, 2.75) is 32.6 Å². The van der Waals surface area contributed by atoms with Crippen molar-refractivity contribution in [3.8, 4) is 12.8 Å². The Morgan fingerprint density at radius 1 is 1.23 bits per heavy atom. The monoisotopic (exact) mass is 438 g/mol. The maximum Gasteiger partial charge on any atom is 0.253 e. The van der Waals surface area contributed by atoms with Crippen LogP contribution in [0.5, 0.6) is 0 Å². The summed E-state index contributed by atoms with van der Waals surface area (Å²) in [4.78, 5) is 15.9. The summed E-state index contributed by atoms with van der Waals surface area (Å²) in [6.45, 7) is 2.70. The van der Waals surface area contributed by atoms with Crippen LogP contribution in [0.1, 0.15) is 48.5 Å². The maximum atomic E-state index is 12.1. The van der Waals surface area contributed by atoms with Gasteiger partial charge in [0.15, 0.2) is 0 Å². The van der Waals surface area contributed by atoms with Crippen LogP contribution < -0.4 is 0 Å². The highest BCUT2D eigenvalue weighted by molar-refractivity contribution is 6.35. The molecule has 1 fully saturated rings. The van der Waals surface area contributed by atoms with Crippen LogP contribution in [0, 0.1) is 18.3 Å². The zero-order valence-corrected chi connectivity index (χ0v) is 19.6. The second kappa shape index (κ2) is 11.0. The molecule has 0 atom stereocenters. The summed E-state index contributed by atoms with van der Waals surface area (Å²) in [5.41, 5.74) is 2.35. The number of allylic oxidation sites excluding steroid dienone is 4. The van der Waals surface area contributed by atoms with Crippen LogP contribution in [0.25, 0.3) is 0 Å². The fourth-order valence-corrected chi connectivity index (χ4v) is 3.88. The molecule has 2 aliphatic rings. The van der Waals surface area contributed by atoms with E-state index in [1.165, 1.54) is 4.90 Å². The van der Waals surface area contributed by atoms with E-state index in [9.17, 15) is 4.79 Å². The molecule has 0 saturated heterocycles. The summed E-state index contributed by atoms with van der Waals surface area (Å²) in [5, 5.41) is 9.63. The van der Waals surface area contributed by atoms with Gasteiger partial charge in [-0.2, -0.15) is 5.10 Å². The van der Waals surface area contributed by atoms with Gasteiger partial charge in [0.2, 0.25) is 0 Å². The van der Waals surface area contributed by atoms with Gasteiger partial charge in [-0.05, 0) is 44.7 Å². The molecule has 164 valence electrons. The molecule has 1 heterocycles. The quantitative estimate of drug-likeness (QED) is 0.442. The maximum absolute atomic E-state index is 12.1. The van der Waals surface area contributed by atoms with Crippen molar-refractivity contribution in [3.63, 3.8) is 0 Å². The van der Waals surface area contributed by atoms with Crippen LogP contribution in [-0.2, 0) is 0 Å². The SMILES string of the molecule is C#C.C/C=C\C/C=C\CC1(C2=NN=C(c3ccc(C(=O)N(C)C)cc3Cl)CN2C)CC1. The second-order valence-corrected chi connectivity index (χ2v) is 8.39. The number of carbonyl (C=O) groups is 1. The predicted molar refractivity (Wildman–Crippen MR) is 131 cm³/mol. The Morgan fingerprint density at radius 3 is 2.48 bits per heavy atom. The number of nitrogens with zero attached hydrogens (tertiary/aromatic N) is 4. The zero-order valence-electron chi connectivity index (χ0n) is 18.8. The molecular weight excluding hydrogens is 408 g/mol. The van der Waals surface area contributed by atoms with Crippen molar-refractivity contribution < 1.29 is 4.79 Å². The van der Waals surface area contributed by atoms with E-state index >= 15 is 0 Å². The minimum Gasteiger partial charge on any atom is -0.355 e. The first-order valence-corrected chi connectivity index (χ1v) is 10.7. The van der Waals surface area contributed by atoms with Gasteiger partial charge in [-0.25, -0.2) is 0 Å². The topological polar surface area (TPSA) is 48.3 Å². The van der Waals surface area contributed by atoms with Gasteiger partial charge in [0.05, 0.1) is 17.3 Å². The van der Waals surface area contributed by atoms with Gasteiger partial charge in [-0.3, -0.25) is 4.79 Å². The smallest absolute Gasteiger partial charge is 0.253 e. The van der Waals surface area contributed by atoms with Gasteiger partial charge < -0.3 is 9.80 Å². The third kappa shape index (κ3) is 5.86. The number of hydrogen-bond donors (Lipinski definition) is 0. The van der Waals surface area contributed by atoms with E-state index in [0.29, 0.717) is 17.1 Å². The number of rotatable bonds is 7. The fraction of sp³-hybridized carbons (Fsp3) is 0.400. The minimum absolute atomic E-state index is 0.0698. The summed E-state index contributed by atoms with van der Waals surface area (Å²) in [5.74, 6) is 0.993. The van der Waals surface area contributed by atoms with E-state index in [1.54, 1.807) is 26.2 Å². The first kappa shape index (κ1) is 24.4. The van der Waals surface area contributed by atoms with Crippen molar-refractivity contribution in [2.24, 2.45) is 15.6 Å². The molecule has 3 rings (SSSR count). The highest BCUT2D eigenvalue weighted by Crippen LogP contribution is 2.51. The first-order valence-electron chi connectivity index (χ1n) is 10.3. The number of halogens is 1. The predicted octanol–water partition coefficient (Wildman–Crippen LogP) is 5.03. The average Bonchev–Trinajstić information content (AvgIpc) is 3.55. The number of hydrogen-bond acceptors (Lipinski definition) is 4. The van der Waals surface area contributed by atoms with Gasteiger partial charge >= 0.3 is 0 Å². The van der Waals surface area contributed by atoms with Crippen LogP contribution in [0.2, 0.25) is 5.02 Å². The Labute approximate surface area is 191 Å². The zero-order chi connectivity index (χ0) is 23.0. The molecule has 1 saturated carbocycles. The number of terminal acetylenes is 1. The number of likely N-dealkylation sites (N-methyl/N-ethyl adjacent to an activating group) is 1. The molecule has 0 spiro atoms. The van der Waals surface area contributed by atoms with Gasteiger partial charge in [-0.1, -0.05) is 42.0 Å². The first-order chi connectivity index (χ1) is 14.9. The number of benzene rings is 1. The van der Waals surface area contributed by atoms with Crippen molar-refractivity contribution >= 4 is 29.1 Å². The largest absolute Gasteiger partial charge is 0.355 e. The van der Waals surface area contributed by atoms with Gasteiger partial charge in [0.25, 0.3) is 5.91 Å². The van der Waals surface area contributed by atoms with Crippen LogP contribution in [0.3, 0.4) is 0 Å². The van der Waals surface area contributed by atoms with Crippen LogP contribution in [0.15, 0.2) is 52.7 Å². The van der Waals surface area contributed by atoms with Gasteiger partial charge in [-0.15, -0.1) is 17.9 Å². The van der Waals surface area contributed by atoms with Gasteiger partial charge in [0.1, 0.15) is 5.84 Å². The van der Waals surface area contributed by atoms with Crippen LogP contribution in [-0.4, -0.2) is 54.9 Å². The lowest BCUT2D eigenvalue weighted by atomic mass is 9.98. The lowest BCUT2D eigenvalue weighted by molar-refractivity contribution is 0.0827. The molecule has 0 N–H and O–H groups in total. The average molecular weight is 439 g/mol. The van der Waals surface area contributed by atoms with E-state index in [-0.39, 0.29) is 11.3 Å². The van der Waals surface area contributed by atoms with E-state index < -0.39 is 0 Å². The van der Waals surface area contributed by atoms with Crippen molar-refractivity contribution in [1.82, 2.24) is 9.80 Å². The van der Waals surface area contributed by atoms with E-state index in [2.05, 4.69) is 59.3 Å². The molecule has 1 aliphatic carbocycles. The Morgan fingerprint density at radius 2 is 1.94 bits per heavy atom. The Balaban J connectivity index is 0.00000166. The molecule has 1 aliphatic heterocycles. The molecular formula is C25H31ClN4O. The van der Waals surface area contributed by atoms with Crippen molar-refractivity contribution in [1.29, 1.82) is 0 Å². The minimum atomic E-state index is -0.0698. The normalized spacial score (nSPS) is 17.1. The molecule has 1 aromatic carbocycles. The van der Waals surface area contributed by atoms with Crippen LogP contribution >= 0.6 is 11.6 Å². The number of carbonyl (C=O) groups excluding carboxylic acids is 1. The molecule has 0 bridgehead atoms. The summed E-state index contributed by atoms with van der Waals surface area (Å²) in [6, 6.07) is 5.37. The molecule has 0 unspecified atom stereocenters. The molecule has 1 amide bonds. The Kier molecular flexibility index (Phi) is 8.65. The Hall–Kier alpha value is -2.84. The van der Waals surface area contributed by atoms with Gasteiger partial charge in [0, 0.05) is 37.7 Å². The summed E-state index contributed by atoms with van der Waals surface area (Å²) >= 11 is 6.47. The van der Waals surface area contributed by atoms with Crippen molar-refractivity contribution in [3.05, 3.63) is 58.7 Å². The standard InChI is InChI=1S/C23H29ClN4O.C2H2/c1-5-6-7-8-9-12-23(13-14-23)22-26-25-20(16-28(22)4)18-11-10-17(15-19(18)24)21(29)27(2)3;1-2/h5-6,8-11,15H,7,12-14,16H2,1-4H3;1-2H/b6-5-,9-8-;. The molecule has 0 radical (unpaired) electrons. The third-order valence-corrected chi connectivity index (χ3v) is 5.77. The molecule has 5 nitrogen and oxygen atoms in total. The molecule has 0 aromatic heterocycles. The third-order valence-electron chi connectivity index (χ3n) is 5.46. The summed E-state index contributed by atoms with van der Waals surface area (Å²) < 4.78 is 0. The molecule has 1 aromatic rings. The summed E-state index contributed by atoms with van der Waals surface area (Å²) in [7, 11) is 5.52. The lowest BCUT2D eigenvalue weighted by Gasteiger charge is -2.30. The Bertz CT molecular complexity index is 936. The van der Waals surface area contributed by atoms with Crippen molar-refractivity contribution in [2.75, 3.05) is 27.7 Å². The second-order valence-electron chi connectivity index (χ2n) is 7.98.